The topological polar surface area (TPSA) is 121 Å². The Morgan fingerprint density at radius 2 is 1.94 bits per heavy atom. The number of benzene rings is 2. The summed E-state index contributed by atoms with van der Waals surface area (Å²) in [5, 5.41) is 4.41. The van der Waals surface area contributed by atoms with Crippen molar-refractivity contribution in [2.24, 2.45) is 5.73 Å². The fourth-order valence-electron chi connectivity index (χ4n) is 3.41. The Hall–Kier alpha value is -3.95. The van der Waals surface area contributed by atoms with Gasteiger partial charge in [0.05, 0.1) is 28.2 Å². The van der Waals surface area contributed by atoms with E-state index >= 15 is 0 Å². The Morgan fingerprint density at radius 1 is 1.06 bits per heavy atom. The van der Waals surface area contributed by atoms with Crippen LogP contribution in [0.25, 0.3) is 10.9 Å². The number of amides is 1. The highest BCUT2D eigenvalue weighted by Crippen LogP contribution is 2.34. The van der Waals surface area contributed by atoms with Crippen molar-refractivity contribution in [1.82, 2.24) is 15.0 Å². The minimum Gasteiger partial charge on any atom is -0.493 e. The van der Waals surface area contributed by atoms with Crippen LogP contribution >= 0.6 is 11.6 Å². The Balaban J connectivity index is 1.50. The molecule has 0 aliphatic carbocycles. The zero-order valence-electron chi connectivity index (χ0n) is 19.0. The molecular weight excluding hydrogens is 470 g/mol. The van der Waals surface area contributed by atoms with Crippen molar-refractivity contribution in [2.45, 2.75) is 19.1 Å². The second-order valence-electron chi connectivity index (χ2n) is 7.52. The molecule has 0 saturated heterocycles. The van der Waals surface area contributed by atoms with E-state index in [4.69, 9.17) is 31.5 Å². The summed E-state index contributed by atoms with van der Waals surface area (Å²) < 4.78 is 16.8. The lowest BCUT2D eigenvalue weighted by Gasteiger charge is -2.15. The second kappa shape index (κ2) is 11.5. The zero-order valence-corrected chi connectivity index (χ0v) is 19.7. The lowest BCUT2D eigenvalue weighted by molar-refractivity contribution is -0.128. The van der Waals surface area contributed by atoms with Gasteiger partial charge in [0, 0.05) is 25.4 Å². The summed E-state index contributed by atoms with van der Waals surface area (Å²) in [6, 6.07) is 16.5. The number of aromatic nitrogens is 3. The van der Waals surface area contributed by atoms with Crippen molar-refractivity contribution in [2.75, 3.05) is 19.0 Å². The Kier molecular flexibility index (Phi) is 7.92. The third kappa shape index (κ3) is 6.14. The van der Waals surface area contributed by atoms with Crippen LogP contribution in [-0.2, 0) is 16.1 Å². The predicted molar refractivity (Wildman–Crippen MR) is 133 cm³/mol. The molecule has 2 heterocycles. The van der Waals surface area contributed by atoms with Crippen LogP contribution in [0.4, 0.5) is 11.5 Å². The van der Waals surface area contributed by atoms with Gasteiger partial charge in [0.1, 0.15) is 36.4 Å². The first-order valence-corrected chi connectivity index (χ1v) is 11.2. The first-order chi connectivity index (χ1) is 17.0. The van der Waals surface area contributed by atoms with Crippen LogP contribution in [0.3, 0.4) is 0 Å². The van der Waals surface area contributed by atoms with E-state index in [9.17, 15) is 4.79 Å². The van der Waals surface area contributed by atoms with E-state index in [1.165, 1.54) is 13.4 Å². The maximum atomic E-state index is 11.4. The number of nitrogens with two attached hydrogens (primary N) is 1. The number of rotatable bonds is 11. The molecule has 1 amide bonds. The van der Waals surface area contributed by atoms with Gasteiger partial charge in [-0.3, -0.25) is 9.78 Å². The van der Waals surface area contributed by atoms with Crippen LogP contribution in [0.5, 0.6) is 11.5 Å². The molecule has 10 heteroatoms. The van der Waals surface area contributed by atoms with Gasteiger partial charge < -0.3 is 25.3 Å². The van der Waals surface area contributed by atoms with Gasteiger partial charge in [0.2, 0.25) is 5.91 Å². The van der Waals surface area contributed by atoms with Gasteiger partial charge in [-0.15, -0.1) is 0 Å². The molecule has 0 bridgehead atoms. The molecule has 35 heavy (non-hydrogen) atoms. The first-order valence-electron chi connectivity index (χ1n) is 10.8. The van der Waals surface area contributed by atoms with Gasteiger partial charge in [0.15, 0.2) is 0 Å². The standard InChI is InChI=1S/C25H24ClN5O4/c1-33-22(24(27)32)10-12-34-21-7-4-6-19-23(21)25(30-15-29-19)31-16-8-9-20(18(26)13-16)35-14-17-5-2-3-11-28-17/h2-9,11,13,15,22H,10,12,14H2,1H3,(H2,27,32)(H,29,30,31). The number of fused-ring (bicyclic) bond motifs is 1. The van der Waals surface area contributed by atoms with Gasteiger partial charge in [0.25, 0.3) is 0 Å². The fourth-order valence-corrected chi connectivity index (χ4v) is 3.65. The van der Waals surface area contributed by atoms with E-state index in [-0.39, 0.29) is 6.61 Å². The molecular formula is C25H24ClN5O4. The highest BCUT2D eigenvalue weighted by atomic mass is 35.5. The normalized spacial score (nSPS) is 11.7. The molecule has 9 nitrogen and oxygen atoms in total. The number of carbonyl (C=O) groups is 1. The van der Waals surface area contributed by atoms with E-state index in [1.54, 1.807) is 18.3 Å². The van der Waals surface area contributed by atoms with E-state index in [1.807, 2.05) is 42.5 Å². The van der Waals surface area contributed by atoms with Gasteiger partial charge in [-0.1, -0.05) is 23.7 Å². The van der Waals surface area contributed by atoms with Gasteiger partial charge in [-0.05, 0) is 42.5 Å². The summed E-state index contributed by atoms with van der Waals surface area (Å²) in [6.45, 7) is 0.535. The van der Waals surface area contributed by atoms with Crippen LogP contribution in [0.2, 0.25) is 5.02 Å². The lowest BCUT2D eigenvalue weighted by atomic mass is 10.2. The van der Waals surface area contributed by atoms with E-state index < -0.39 is 12.0 Å². The molecule has 0 saturated carbocycles. The molecule has 0 fully saturated rings. The largest absolute Gasteiger partial charge is 0.493 e. The highest BCUT2D eigenvalue weighted by molar-refractivity contribution is 6.32. The molecule has 0 aliphatic heterocycles. The SMILES string of the molecule is COC(CCOc1cccc2ncnc(Nc3ccc(OCc4ccccn4)c(Cl)c3)c12)C(N)=O. The Morgan fingerprint density at radius 3 is 2.69 bits per heavy atom. The average molecular weight is 494 g/mol. The number of halogens is 1. The van der Waals surface area contributed by atoms with Crippen molar-refractivity contribution >= 4 is 39.9 Å². The number of hydrogen-bond acceptors (Lipinski definition) is 8. The van der Waals surface area contributed by atoms with Gasteiger partial charge >= 0.3 is 0 Å². The maximum absolute atomic E-state index is 11.4. The molecule has 180 valence electrons. The van der Waals surface area contributed by atoms with Gasteiger partial charge in [-0.2, -0.15) is 0 Å². The summed E-state index contributed by atoms with van der Waals surface area (Å²) in [6.07, 6.45) is 2.77. The van der Waals surface area contributed by atoms with Crippen LogP contribution in [-0.4, -0.2) is 40.7 Å². The van der Waals surface area contributed by atoms with E-state index in [2.05, 4.69) is 20.3 Å². The minimum atomic E-state index is -0.723. The van der Waals surface area contributed by atoms with E-state index in [0.29, 0.717) is 52.0 Å². The third-order valence-electron chi connectivity index (χ3n) is 5.16. The molecule has 0 aliphatic rings. The number of nitrogens with one attached hydrogen (secondary N) is 1. The summed E-state index contributed by atoms with van der Waals surface area (Å²) >= 11 is 6.46. The number of hydrogen-bond donors (Lipinski definition) is 2. The monoisotopic (exact) mass is 493 g/mol. The summed E-state index contributed by atoms with van der Waals surface area (Å²) in [7, 11) is 1.43. The molecule has 3 N–H and O–H groups in total. The minimum absolute atomic E-state index is 0.225. The zero-order chi connectivity index (χ0) is 24.6. The van der Waals surface area contributed by atoms with Crippen LogP contribution in [0.1, 0.15) is 12.1 Å². The number of primary amides is 1. The molecule has 4 rings (SSSR count). The van der Waals surface area contributed by atoms with Crippen LogP contribution in [0.15, 0.2) is 67.1 Å². The number of carbonyl (C=O) groups excluding carboxylic acids is 1. The molecule has 1 unspecified atom stereocenters. The lowest BCUT2D eigenvalue weighted by Crippen LogP contribution is -2.31. The van der Waals surface area contributed by atoms with Crippen LogP contribution < -0.4 is 20.5 Å². The molecule has 0 radical (unpaired) electrons. The van der Waals surface area contributed by atoms with Gasteiger partial charge in [-0.25, -0.2) is 9.97 Å². The summed E-state index contributed by atoms with van der Waals surface area (Å²) in [5.41, 5.74) is 7.54. The predicted octanol–water partition coefficient (Wildman–Crippen LogP) is 4.27. The van der Waals surface area contributed by atoms with Crippen molar-refractivity contribution in [3.05, 3.63) is 77.8 Å². The molecule has 1 atom stereocenters. The molecule has 0 spiro atoms. The number of nitrogens with zero attached hydrogens (tertiary/aromatic N) is 3. The number of pyridine rings is 1. The van der Waals surface area contributed by atoms with Crippen LogP contribution in [0, 0.1) is 0 Å². The fraction of sp³-hybridized carbons (Fsp3) is 0.200. The second-order valence-corrected chi connectivity index (χ2v) is 7.92. The maximum Gasteiger partial charge on any atom is 0.246 e. The average Bonchev–Trinajstić information content (AvgIpc) is 2.86. The highest BCUT2D eigenvalue weighted by Gasteiger charge is 2.16. The van der Waals surface area contributed by atoms with Crippen molar-refractivity contribution in [3.63, 3.8) is 0 Å². The summed E-state index contributed by atoms with van der Waals surface area (Å²) in [4.78, 5) is 24.4. The smallest absolute Gasteiger partial charge is 0.246 e. The first kappa shape index (κ1) is 24.2. The molecule has 2 aromatic carbocycles. The number of ether oxygens (including phenoxy) is 3. The number of anilines is 2. The van der Waals surface area contributed by atoms with Crippen molar-refractivity contribution in [1.29, 1.82) is 0 Å². The Bertz CT molecular complexity index is 1300. The van der Waals surface area contributed by atoms with E-state index in [0.717, 1.165) is 5.69 Å². The van der Waals surface area contributed by atoms with Crippen molar-refractivity contribution in [3.8, 4) is 11.5 Å². The third-order valence-corrected chi connectivity index (χ3v) is 5.46. The number of methoxy groups -OCH3 is 1. The quantitative estimate of drug-likeness (QED) is 0.317. The molecule has 4 aromatic rings. The summed E-state index contributed by atoms with van der Waals surface area (Å²) in [5.74, 6) is 1.11. The molecule has 2 aromatic heterocycles. The van der Waals surface area contributed by atoms with Crippen molar-refractivity contribution < 1.29 is 19.0 Å². The Labute approximate surface area is 207 Å².